The number of ether oxygens (including phenoxy) is 2. The van der Waals surface area contributed by atoms with Crippen molar-refractivity contribution in [1.29, 1.82) is 0 Å². The van der Waals surface area contributed by atoms with E-state index in [1.807, 2.05) is 35.6 Å². The van der Waals surface area contributed by atoms with Crippen molar-refractivity contribution < 1.29 is 19.3 Å². The highest BCUT2D eigenvalue weighted by atomic mass is 35.5. The third kappa shape index (κ3) is 11.7. The van der Waals surface area contributed by atoms with Crippen LogP contribution in [0.15, 0.2) is 62.0 Å². The van der Waals surface area contributed by atoms with E-state index in [0.29, 0.717) is 48.8 Å². The summed E-state index contributed by atoms with van der Waals surface area (Å²) in [5, 5.41) is 44.7. The van der Waals surface area contributed by atoms with Gasteiger partial charge in [0.2, 0.25) is 16.9 Å². The van der Waals surface area contributed by atoms with Crippen LogP contribution in [0.5, 0.6) is 0 Å². The molecule has 59 heavy (non-hydrogen) atoms. The Morgan fingerprint density at radius 1 is 0.712 bits per heavy atom. The molecule has 2 saturated heterocycles. The van der Waals surface area contributed by atoms with E-state index in [1.54, 1.807) is 46.5 Å². The number of nitrogens with two attached hydrogens (primary N) is 1. The molecule has 0 spiro atoms. The fourth-order valence-electron chi connectivity index (χ4n) is 6.08. The van der Waals surface area contributed by atoms with Gasteiger partial charge in [-0.05, 0) is 56.7 Å². The first-order chi connectivity index (χ1) is 28.6. The lowest BCUT2D eigenvalue weighted by atomic mass is 10.1. The van der Waals surface area contributed by atoms with Crippen molar-refractivity contribution in [3.8, 4) is 0 Å². The molecule has 312 valence electrons. The predicted molar refractivity (Wildman–Crippen MR) is 215 cm³/mol. The van der Waals surface area contributed by atoms with E-state index in [0.717, 1.165) is 69.6 Å². The van der Waals surface area contributed by atoms with Gasteiger partial charge in [-0.1, -0.05) is 0 Å². The molecule has 4 N–H and O–H groups in total. The van der Waals surface area contributed by atoms with E-state index in [9.17, 15) is 20.2 Å². The van der Waals surface area contributed by atoms with Crippen LogP contribution in [-0.2, 0) is 29.0 Å². The number of aromatic nitrogens is 12. The van der Waals surface area contributed by atoms with Crippen LogP contribution in [-0.4, -0.2) is 95.3 Å². The SMILES string of the molecule is CCn1cc(Nc2nc(Cc3cnn(C4CCOCC4)c3)ncc2[N+](=O)[O-])cn1.CCn1cc(Nc2nc(Cl)ncc2[N+](=O)[O-])cn1.Nc1cnn(C2CCOCC2)c1. The maximum atomic E-state index is 11.4. The summed E-state index contributed by atoms with van der Waals surface area (Å²) in [6, 6.07) is 0.818. The average Bonchev–Trinajstić information content (AvgIpc) is 4.08. The minimum Gasteiger partial charge on any atom is -0.396 e. The Labute approximate surface area is 342 Å². The molecule has 8 heterocycles. The molecule has 2 aliphatic heterocycles. The van der Waals surface area contributed by atoms with Gasteiger partial charge < -0.3 is 25.8 Å². The molecule has 24 heteroatoms. The van der Waals surface area contributed by atoms with Gasteiger partial charge in [0.15, 0.2) is 0 Å². The summed E-state index contributed by atoms with van der Waals surface area (Å²) < 4.78 is 18.0. The van der Waals surface area contributed by atoms with Gasteiger partial charge in [-0.2, -0.15) is 25.4 Å². The largest absolute Gasteiger partial charge is 0.396 e. The number of anilines is 5. The molecule has 0 radical (unpaired) electrons. The molecular formula is C35H44ClN17O6. The number of hydrogen-bond donors (Lipinski definition) is 3. The molecule has 6 aromatic rings. The maximum Gasteiger partial charge on any atom is 0.329 e. The summed E-state index contributed by atoms with van der Waals surface area (Å²) in [5.41, 5.74) is 8.05. The smallest absolute Gasteiger partial charge is 0.329 e. The molecule has 0 bridgehead atoms. The molecule has 0 aromatic carbocycles. The summed E-state index contributed by atoms with van der Waals surface area (Å²) >= 11 is 5.61. The highest BCUT2D eigenvalue weighted by Crippen LogP contribution is 2.27. The van der Waals surface area contributed by atoms with Crippen LogP contribution >= 0.6 is 11.6 Å². The van der Waals surface area contributed by atoms with Crippen LogP contribution in [0.25, 0.3) is 0 Å². The molecule has 8 rings (SSSR count). The molecule has 0 amide bonds. The van der Waals surface area contributed by atoms with E-state index >= 15 is 0 Å². The summed E-state index contributed by atoms with van der Waals surface area (Å²) in [6.45, 7) is 8.46. The molecule has 2 aliphatic rings. The Bertz CT molecular complexity index is 2300. The number of rotatable bonds is 12. The molecule has 2 fully saturated rings. The number of nitrogens with zero attached hydrogens (tertiary/aromatic N) is 14. The van der Waals surface area contributed by atoms with Gasteiger partial charge in [0.1, 0.15) is 18.2 Å². The third-order valence-electron chi connectivity index (χ3n) is 9.16. The molecule has 0 unspecified atom stereocenters. The number of aryl methyl sites for hydroxylation is 2. The van der Waals surface area contributed by atoms with E-state index < -0.39 is 9.85 Å². The second kappa shape index (κ2) is 20.2. The quantitative estimate of drug-likeness (QED) is 0.0801. The highest BCUT2D eigenvalue weighted by molar-refractivity contribution is 6.28. The molecule has 6 aromatic heterocycles. The van der Waals surface area contributed by atoms with Crippen molar-refractivity contribution in [2.45, 2.75) is 71.1 Å². The first kappa shape index (κ1) is 42.0. The Morgan fingerprint density at radius 3 is 1.71 bits per heavy atom. The van der Waals surface area contributed by atoms with Crippen molar-refractivity contribution >= 4 is 51.7 Å². The first-order valence-electron chi connectivity index (χ1n) is 18.8. The Kier molecular flexibility index (Phi) is 14.4. The second-order valence-electron chi connectivity index (χ2n) is 13.3. The number of hydrogen-bond acceptors (Lipinski definition) is 17. The number of nitrogen functional groups attached to an aromatic ring is 1. The molecule has 0 aliphatic carbocycles. The van der Waals surface area contributed by atoms with Crippen molar-refractivity contribution in [2.24, 2.45) is 0 Å². The van der Waals surface area contributed by atoms with Crippen LogP contribution < -0.4 is 16.4 Å². The summed E-state index contributed by atoms with van der Waals surface area (Å²) in [6.07, 6.45) is 20.7. The van der Waals surface area contributed by atoms with Crippen LogP contribution in [0.1, 0.15) is 63.0 Å². The van der Waals surface area contributed by atoms with Gasteiger partial charge in [-0.15, -0.1) is 0 Å². The van der Waals surface area contributed by atoms with Gasteiger partial charge >= 0.3 is 11.4 Å². The van der Waals surface area contributed by atoms with Gasteiger partial charge in [0.05, 0.1) is 63.8 Å². The van der Waals surface area contributed by atoms with E-state index in [4.69, 9.17) is 26.8 Å². The average molecular weight is 834 g/mol. The first-order valence-corrected chi connectivity index (χ1v) is 19.2. The molecule has 0 atom stereocenters. The van der Waals surface area contributed by atoms with Crippen molar-refractivity contribution in [3.05, 3.63) is 98.9 Å². The third-order valence-corrected chi connectivity index (χ3v) is 9.34. The molecular weight excluding hydrogens is 790 g/mol. The maximum absolute atomic E-state index is 11.4. The molecule has 23 nitrogen and oxygen atoms in total. The van der Waals surface area contributed by atoms with Crippen LogP contribution in [0, 0.1) is 20.2 Å². The van der Waals surface area contributed by atoms with Crippen molar-refractivity contribution in [1.82, 2.24) is 59.1 Å². The van der Waals surface area contributed by atoms with Gasteiger partial charge in [-0.25, -0.2) is 15.0 Å². The fourth-order valence-corrected chi connectivity index (χ4v) is 6.21. The zero-order valence-electron chi connectivity index (χ0n) is 32.4. The van der Waals surface area contributed by atoms with Crippen LogP contribution in [0.3, 0.4) is 0 Å². The van der Waals surface area contributed by atoms with E-state index in [2.05, 4.69) is 51.0 Å². The van der Waals surface area contributed by atoms with E-state index in [-0.39, 0.29) is 28.3 Å². The predicted octanol–water partition coefficient (Wildman–Crippen LogP) is 5.30. The number of nitrogens with one attached hydrogen (secondary N) is 2. The summed E-state index contributed by atoms with van der Waals surface area (Å²) in [4.78, 5) is 37.0. The molecule has 0 saturated carbocycles. The van der Waals surface area contributed by atoms with Gasteiger partial charge in [0, 0.05) is 70.7 Å². The second-order valence-corrected chi connectivity index (χ2v) is 13.6. The van der Waals surface area contributed by atoms with Gasteiger partial charge in [-0.3, -0.25) is 39.0 Å². The fraction of sp³-hybridized carbons (Fsp3) is 0.429. The topological polar surface area (TPSA) is 278 Å². The number of nitro groups is 2. The van der Waals surface area contributed by atoms with Crippen molar-refractivity contribution in [2.75, 3.05) is 42.8 Å². The monoisotopic (exact) mass is 833 g/mol. The minimum absolute atomic E-state index is 0.0376. The normalized spacial score (nSPS) is 14.4. The lowest BCUT2D eigenvalue weighted by Gasteiger charge is -2.22. The Hall–Kier alpha value is -6.59. The zero-order valence-corrected chi connectivity index (χ0v) is 33.1. The highest BCUT2D eigenvalue weighted by Gasteiger charge is 2.21. The number of halogens is 1. The zero-order chi connectivity index (χ0) is 41.7. The Morgan fingerprint density at radius 2 is 1.22 bits per heavy atom. The van der Waals surface area contributed by atoms with Crippen LogP contribution in [0.2, 0.25) is 5.28 Å². The standard InChI is InChI=1S/C18H22N8O3.C9H9ClN6O2.C8H13N3O/c1-2-24-12-14(9-20-24)22-18-16(26(27)28)10-19-17(23-18)7-13-8-21-25(11-13)15-3-5-29-6-4-15;1-2-15-5-6(3-12-15)13-8-7(16(17)18)4-11-9(10)14-8;9-7-5-10-11(6-7)8-1-3-12-4-2-8/h8-12,15H,2-7H2,1H3,(H,19,22,23);3-5H,2H2,1H3,(H,11,13,14);5-6,8H,1-4,9H2. The Balaban J connectivity index is 0.000000165. The lowest BCUT2D eigenvalue weighted by molar-refractivity contribution is -0.384. The van der Waals surface area contributed by atoms with Crippen LogP contribution in [0.4, 0.5) is 40.1 Å². The summed E-state index contributed by atoms with van der Waals surface area (Å²) in [7, 11) is 0. The van der Waals surface area contributed by atoms with E-state index in [1.165, 1.54) is 6.20 Å². The van der Waals surface area contributed by atoms with Gasteiger partial charge in [0.25, 0.3) is 0 Å². The van der Waals surface area contributed by atoms with Crippen molar-refractivity contribution in [3.63, 3.8) is 0 Å². The lowest BCUT2D eigenvalue weighted by Crippen LogP contribution is -2.19. The summed E-state index contributed by atoms with van der Waals surface area (Å²) in [5.74, 6) is 0.663. The minimum atomic E-state index is -0.580.